The van der Waals surface area contributed by atoms with Gasteiger partial charge in [-0.05, 0) is 35.6 Å². The molecule has 3 N–H and O–H groups in total. The summed E-state index contributed by atoms with van der Waals surface area (Å²) in [5.74, 6) is -0.286. The van der Waals surface area contributed by atoms with Crippen LogP contribution in [0.3, 0.4) is 0 Å². The largest absolute Gasteiger partial charge is 0.453 e. The lowest BCUT2D eigenvalue weighted by molar-refractivity contribution is -0.118. The number of hydrogen-bond donors (Lipinski definition) is 3. The molecule has 0 saturated carbocycles. The Hall–Kier alpha value is -4.54. The van der Waals surface area contributed by atoms with E-state index in [0.717, 1.165) is 23.1 Å². The highest BCUT2D eigenvalue weighted by Gasteiger charge is 2.33. The van der Waals surface area contributed by atoms with Crippen molar-refractivity contribution >= 4 is 17.7 Å². The van der Waals surface area contributed by atoms with Crippen molar-refractivity contribution in [2.24, 2.45) is 0 Å². The molecule has 3 aromatic carbocycles. The average Bonchev–Trinajstić information content (AvgIpc) is 3.57. The van der Waals surface area contributed by atoms with Gasteiger partial charge in [-0.15, -0.1) is 10.2 Å². The van der Waals surface area contributed by atoms with Gasteiger partial charge in [0.25, 0.3) is 0 Å². The maximum Gasteiger partial charge on any atom is 0.407 e. The third-order valence-electron chi connectivity index (χ3n) is 7.17. The Bertz CT molecular complexity index is 1350. The molecular weight excluding hydrogens is 522 g/mol. The minimum Gasteiger partial charge on any atom is -0.453 e. The van der Waals surface area contributed by atoms with Crippen LogP contribution in [0.1, 0.15) is 41.0 Å². The van der Waals surface area contributed by atoms with Crippen LogP contribution in [0.15, 0.2) is 95.7 Å². The van der Waals surface area contributed by atoms with E-state index in [1.54, 1.807) is 0 Å². The number of carbonyl (C=O) groups excluding carboxylic acids is 2. The second-order valence-electron chi connectivity index (χ2n) is 9.79. The lowest BCUT2D eigenvalue weighted by Crippen LogP contribution is -2.48. The number of amides is 2. The van der Waals surface area contributed by atoms with E-state index in [1.807, 2.05) is 84.9 Å². The molecule has 0 radical (unpaired) electrons. The average molecular weight is 556 g/mol. The Morgan fingerprint density at radius 3 is 2.29 bits per heavy atom. The first kappa shape index (κ1) is 28.0. The molecule has 0 bridgehead atoms. The first-order valence-corrected chi connectivity index (χ1v) is 13.6. The number of nitrogens with one attached hydrogen (secondary N) is 3. The number of anilines is 1. The summed E-state index contributed by atoms with van der Waals surface area (Å²) >= 11 is 0. The summed E-state index contributed by atoms with van der Waals surface area (Å²) in [6, 6.07) is 25.9. The first-order valence-electron chi connectivity index (χ1n) is 13.6. The molecule has 10 nitrogen and oxygen atoms in total. The first-order chi connectivity index (χ1) is 20.1. The highest BCUT2D eigenvalue weighted by Crippen LogP contribution is 2.30. The number of aryl methyl sites for hydroxylation is 1. The van der Waals surface area contributed by atoms with Crippen LogP contribution < -0.4 is 16.0 Å². The van der Waals surface area contributed by atoms with Gasteiger partial charge in [0.1, 0.15) is 12.1 Å². The number of para-hydroxylation sites is 1. The van der Waals surface area contributed by atoms with Crippen LogP contribution in [0.2, 0.25) is 0 Å². The SMILES string of the molecule is COC(=O)N[C@H](C(=O)Nc1ccccc1CC[C@@H]1CN[C@H](c2nnco2)CO1)C(c1ccccc1)c1ccccc1. The molecule has 4 aromatic rings. The zero-order valence-corrected chi connectivity index (χ0v) is 22.7. The molecule has 5 rings (SSSR count). The number of aromatic nitrogens is 2. The minimum absolute atomic E-state index is 0.00721. The number of nitrogens with zero attached hydrogens (tertiary/aromatic N) is 2. The van der Waals surface area contributed by atoms with Crippen molar-refractivity contribution in [2.45, 2.75) is 36.9 Å². The summed E-state index contributed by atoms with van der Waals surface area (Å²) in [5, 5.41) is 16.9. The van der Waals surface area contributed by atoms with Crippen molar-refractivity contribution in [1.82, 2.24) is 20.8 Å². The summed E-state index contributed by atoms with van der Waals surface area (Å²) in [4.78, 5) is 26.4. The summed E-state index contributed by atoms with van der Waals surface area (Å²) < 4.78 is 16.2. The zero-order valence-electron chi connectivity index (χ0n) is 22.7. The van der Waals surface area contributed by atoms with Gasteiger partial charge in [0, 0.05) is 18.2 Å². The molecule has 1 saturated heterocycles. The molecule has 0 aliphatic carbocycles. The fraction of sp³-hybridized carbons (Fsp3) is 0.290. The van der Waals surface area contributed by atoms with Crippen molar-refractivity contribution in [3.05, 3.63) is 114 Å². The summed E-state index contributed by atoms with van der Waals surface area (Å²) in [6.07, 6.45) is 2.05. The number of morpholine rings is 1. The van der Waals surface area contributed by atoms with Gasteiger partial charge in [0.15, 0.2) is 0 Å². The van der Waals surface area contributed by atoms with Crippen molar-refractivity contribution in [2.75, 3.05) is 25.6 Å². The summed E-state index contributed by atoms with van der Waals surface area (Å²) in [7, 11) is 1.28. The second kappa shape index (κ2) is 13.7. The van der Waals surface area contributed by atoms with Crippen LogP contribution >= 0.6 is 0 Å². The van der Waals surface area contributed by atoms with Crippen LogP contribution in [0, 0.1) is 0 Å². The van der Waals surface area contributed by atoms with E-state index in [2.05, 4.69) is 26.1 Å². The Labute approximate surface area is 238 Å². The van der Waals surface area contributed by atoms with E-state index in [-0.39, 0.29) is 18.1 Å². The zero-order chi connectivity index (χ0) is 28.4. The van der Waals surface area contributed by atoms with Gasteiger partial charge in [0.2, 0.25) is 18.2 Å². The van der Waals surface area contributed by atoms with Crippen LogP contribution in [-0.4, -0.2) is 54.6 Å². The van der Waals surface area contributed by atoms with E-state index in [0.29, 0.717) is 31.2 Å². The Morgan fingerprint density at radius 2 is 1.68 bits per heavy atom. The third-order valence-corrected chi connectivity index (χ3v) is 7.17. The molecule has 2 heterocycles. The fourth-order valence-corrected chi connectivity index (χ4v) is 5.07. The van der Waals surface area contributed by atoms with E-state index < -0.39 is 18.1 Å². The highest BCUT2D eigenvalue weighted by molar-refractivity contribution is 5.98. The molecule has 0 unspecified atom stereocenters. The molecule has 3 atom stereocenters. The molecule has 0 spiro atoms. The Balaban J connectivity index is 1.31. The number of rotatable bonds is 10. The smallest absolute Gasteiger partial charge is 0.407 e. The van der Waals surface area contributed by atoms with Crippen molar-refractivity contribution in [3.63, 3.8) is 0 Å². The van der Waals surface area contributed by atoms with E-state index in [1.165, 1.54) is 13.5 Å². The van der Waals surface area contributed by atoms with Gasteiger partial charge in [-0.3, -0.25) is 4.79 Å². The van der Waals surface area contributed by atoms with Crippen LogP contribution in [0.5, 0.6) is 0 Å². The summed E-state index contributed by atoms with van der Waals surface area (Å²) in [6.45, 7) is 1.08. The van der Waals surface area contributed by atoms with Crippen molar-refractivity contribution in [3.8, 4) is 0 Å². The predicted octanol–water partition coefficient (Wildman–Crippen LogP) is 4.23. The number of carbonyl (C=O) groups is 2. The molecule has 41 heavy (non-hydrogen) atoms. The maximum absolute atomic E-state index is 13.9. The van der Waals surface area contributed by atoms with Gasteiger partial charge in [-0.1, -0.05) is 78.9 Å². The predicted molar refractivity (Wildman–Crippen MR) is 152 cm³/mol. The highest BCUT2D eigenvalue weighted by atomic mass is 16.5. The molecule has 1 aromatic heterocycles. The van der Waals surface area contributed by atoms with E-state index in [9.17, 15) is 9.59 Å². The minimum atomic E-state index is -0.937. The third kappa shape index (κ3) is 7.16. The fourth-order valence-electron chi connectivity index (χ4n) is 5.07. The van der Waals surface area contributed by atoms with Crippen LogP contribution in [-0.2, 0) is 20.7 Å². The van der Waals surface area contributed by atoms with Crippen LogP contribution in [0.25, 0.3) is 0 Å². The number of hydrogen-bond acceptors (Lipinski definition) is 8. The van der Waals surface area contributed by atoms with Crippen LogP contribution in [0.4, 0.5) is 10.5 Å². The second-order valence-corrected chi connectivity index (χ2v) is 9.79. The normalized spacial score (nSPS) is 17.5. The van der Waals surface area contributed by atoms with E-state index in [4.69, 9.17) is 13.9 Å². The van der Waals surface area contributed by atoms with Crippen molar-refractivity contribution in [1.29, 1.82) is 0 Å². The molecular formula is C31H33N5O5. The lowest BCUT2D eigenvalue weighted by Gasteiger charge is -2.29. The number of alkyl carbamates (subject to hydrolysis) is 1. The summed E-state index contributed by atoms with van der Waals surface area (Å²) in [5.41, 5.74) is 3.44. The molecule has 10 heteroatoms. The van der Waals surface area contributed by atoms with Gasteiger partial charge in [-0.25, -0.2) is 4.79 Å². The Morgan fingerprint density at radius 1 is 1.00 bits per heavy atom. The Kier molecular flexibility index (Phi) is 9.35. The number of benzene rings is 3. The maximum atomic E-state index is 13.9. The topological polar surface area (TPSA) is 128 Å². The molecule has 1 aliphatic heterocycles. The quantitative estimate of drug-likeness (QED) is 0.265. The van der Waals surface area contributed by atoms with Gasteiger partial charge in [-0.2, -0.15) is 0 Å². The standard InChI is InChI=1S/C31H33N5O5/c1-39-31(38)35-28(27(22-11-4-2-5-12-22)23-13-6-3-7-14-23)29(37)34-25-15-9-8-10-21(25)16-17-24-18-32-26(19-40-24)30-36-33-20-41-30/h2-15,20,24,26-28,32H,16-19H2,1H3,(H,34,37)(H,35,38)/t24-,26+,28+/m1/s1. The number of methoxy groups -OCH3 is 1. The van der Waals surface area contributed by atoms with Crippen molar-refractivity contribution < 1.29 is 23.5 Å². The lowest BCUT2D eigenvalue weighted by atomic mass is 9.84. The van der Waals surface area contributed by atoms with Gasteiger partial charge >= 0.3 is 6.09 Å². The monoisotopic (exact) mass is 555 g/mol. The molecule has 1 aliphatic rings. The van der Waals surface area contributed by atoms with E-state index >= 15 is 0 Å². The molecule has 212 valence electrons. The van der Waals surface area contributed by atoms with Gasteiger partial charge < -0.3 is 29.8 Å². The van der Waals surface area contributed by atoms with Gasteiger partial charge in [0.05, 0.1) is 19.8 Å². The molecule has 1 fully saturated rings. The molecule has 2 amide bonds. The number of ether oxygens (including phenoxy) is 2.